The monoisotopic (exact) mass is 476 g/mol. The average molecular weight is 477 g/mol. The Morgan fingerprint density at radius 1 is 1.03 bits per heavy atom. The molecule has 6 rings (SSSR count). The van der Waals surface area contributed by atoms with Gasteiger partial charge in [0.15, 0.2) is 5.82 Å². The maximum Gasteiger partial charge on any atom is 0.439 e. The molecule has 1 aliphatic heterocycles. The van der Waals surface area contributed by atoms with Crippen molar-refractivity contribution in [2.75, 3.05) is 0 Å². The Morgan fingerprint density at radius 3 is 2.64 bits per heavy atom. The van der Waals surface area contributed by atoms with Crippen molar-refractivity contribution < 1.29 is 9.26 Å². The van der Waals surface area contributed by atoms with E-state index in [1.165, 1.54) is 0 Å². The van der Waals surface area contributed by atoms with Crippen LogP contribution >= 0.6 is 0 Å². The largest absolute Gasteiger partial charge is 0.488 e. The van der Waals surface area contributed by atoms with Crippen molar-refractivity contribution in [3.8, 4) is 22.7 Å². The minimum Gasteiger partial charge on any atom is -0.488 e. The Labute approximate surface area is 207 Å². The highest BCUT2D eigenvalue weighted by molar-refractivity contribution is 6.00. The average Bonchev–Trinajstić information content (AvgIpc) is 3.46. The standard InChI is InChI=1S/C29H24N4O3/c1-17-8-7-11-25-26(17)27(18(2)28-31-29(34)36-32-28)23-13-12-22(14-21(23)16-35-25)33-15-24(30-19(33)3)20-9-5-4-6-10-20/h4-15H,16H2,1-3H3,(H,31,32,34)/b27-18+. The van der Waals surface area contributed by atoms with Gasteiger partial charge in [-0.3, -0.25) is 9.51 Å². The maximum atomic E-state index is 11.7. The summed E-state index contributed by atoms with van der Waals surface area (Å²) in [6.45, 7) is 6.41. The van der Waals surface area contributed by atoms with Crippen LogP contribution in [0.1, 0.15) is 40.8 Å². The van der Waals surface area contributed by atoms with Crippen molar-refractivity contribution in [1.82, 2.24) is 19.7 Å². The summed E-state index contributed by atoms with van der Waals surface area (Å²) in [5.74, 6) is 1.51. The molecule has 0 atom stereocenters. The quantitative estimate of drug-likeness (QED) is 0.361. The minimum atomic E-state index is -0.583. The molecule has 0 saturated heterocycles. The topological polar surface area (TPSA) is 85.9 Å². The van der Waals surface area contributed by atoms with Crippen LogP contribution in [0.15, 0.2) is 82.2 Å². The van der Waals surface area contributed by atoms with E-state index in [1.54, 1.807) is 0 Å². The van der Waals surface area contributed by atoms with Gasteiger partial charge in [-0.05, 0) is 61.2 Å². The van der Waals surface area contributed by atoms with E-state index in [0.717, 1.165) is 61.9 Å². The number of aromatic nitrogens is 4. The van der Waals surface area contributed by atoms with E-state index in [-0.39, 0.29) is 0 Å². The van der Waals surface area contributed by atoms with E-state index in [1.807, 2.05) is 44.2 Å². The SMILES string of the molecule is C/C(=C1/c2ccc(-n3cc(-c4ccccc4)nc3C)cc2COc2cccc(C)c21)c1noc(=O)[nH]1. The third-order valence-electron chi connectivity index (χ3n) is 6.63. The number of hydrogen-bond donors (Lipinski definition) is 1. The number of imidazole rings is 1. The number of rotatable bonds is 3. The summed E-state index contributed by atoms with van der Waals surface area (Å²) in [7, 11) is 0. The molecule has 2 aromatic heterocycles. The molecule has 0 aliphatic carbocycles. The first-order valence-corrected chi connectivity index (χ1v) is 11.7. The summed E-state index contributed by atoms with van der Waals surface area (Å²) in [5, 5.41) is 3.95. The zero-order valence-corrected chi connectivity index (χ0v) is 20.2. The lowest BCUT2D eigenvalue weighted by Crippen LogP contribution is -2.02. The molecule has 5 aromatic rings. The molecule has 3 aromatic carbocycles. The molecule has 0 amide bonds. The fourth-order valence-electron chi connectivity index (χ4n) is 4.85. The van der Waals surface area contributed by atoms with E-state index in [0.29, 0.717) is 12.4 Å². The molecule has 0 spiro atoms. The van der Waals surface area contributed by atoms with Gasteiger partial charge in [0.1, 0.15) is 18.2 Å². The first kappa shape index (κ1) is 21.9. The number of fused-ring (bicyclic) bond motifs is 2. The third-order valence-corrected chi connectivity index (χ3v) is 6.63. The molecule has 36 heavy (non-hydrogen) atoms. The van der Waals surface area contributed by atoms with Gasteiger partial charge in [-0.1, -0.05) is 53.7 Å². The molecule has 0 unspecified atom stereocenters. The normalized spacial score (nSPS) is 14.0. The first-order chi connectivity index (χ1) is 17.5. The Balaban J connectivity index is 1.53. The fraction of sp³-hybridized carbons (Fsp3) is 0.138. The van der Waals surface area contributed by atoms with Crippen molar-refractivity contribution >= 4 is 11.1 Å². The number of allylic oxidation sites excluding steroid dienone is 1. The van der Waals surface area contributed by atoms with E-state index in [2.05, 4.69) is 64.2 Å². The zero-order chi connectivity index (χ0) is 24.8. The Hall–Kier alpha value is -4.65. The Bertz CT molecular complexity index is 1690. The third kappa shape index (κ3) is 3.65. The van der Waals surface area contributed by atoms with Crippen LogP contribution in [0, 0.1) is 13.8 Å². The highest BCUT2D eigenvalue weighted by Crippen LogP contribution is 2.42. The van der Waals surface area contributed by atoms with Crippen molar-refractivity contribution in [3.05, 3.63) is 117 Å². The number of hydrogen-bond acceptors (Lipinski definition) is 5. The molecular weight excluding hydrogens is 452 g/mol. The lowest BCUT2D eigenvalue weighted by atomic mass is 9.88. The lowest BCUT2D eigenvalue weighted by molar-refractivity contribution is 0.307. The van der Waals surface area contributed by atoms with Gasteiger partial charge < -0.3 is 9.30 Å². The highest BCUT2D eigenvalue weighted by Gasteiger charge is 2.25. The van der Waals surface area contributed by atoms with Crippen LogP contribution < -0.4 is 10.5 Å². The number of ether oxygens (including phenoxy) is 1. The number of aromatic amines is 1. The second-order valence-electron chi connectivity index (χ2n) is 8.93. The number of aryl methyl sites for hydroxylation is 2. The van der Waals surface area contributed by atoms with Crippen LogP contribution in [-0.2, 0) is 6.61 Å². The van der Waals surface area contributed by atoms with E-state index >= 15 is 0 Å². The van der Waals surface area contributed by atoms with E-state index < -0.39 is 5.76 Å². The van der Waals surface area contributed by atoms with Gasteiger partial charge in [0.25, 0.3) is 0 Å². The minimum absolute atomic E-state index is 0.402. The number of nitrogens with one attached hydrogen (secondary N) is 1. The number of H-pyrrole nitrogens is 1. The molecule has 7 nitrogen and oxygen atoms in total. The zero-order valence-electron chi connectivity index (χ0n) is 20.2. The number of benzene rings is 3. The molecular formula is C29H24N4O3. The van der Waals surface area contributed by atoms with Crippen LogP contribution in [0.2, 0.25) is 0 Å². The highest BCUT2D eigenvalue weighted by atomic mass is 16.5. The molecule has 1 N–H and O–H groups in total. The lowest BCUT2D eigenvalue weighted by Gasteiger charge is -2.16. The summed E-state index contributed by atoms with van der Waals surface area (Å²) in [6, 6.07) is 22.5. The van der Waals surface area contributed by atoms with Crippen LogP contribution in [0.5, 0.6) is 5.75 Å². The summed E-state index contributed by atoms with van der Waals surface area (Å²) in [5.41, 5.74) is 8.86. The van der Waals surface area contributed by atoms with Gasteiger partial charge in [0.2, 0.25) is 0 Å². The Morgan fingerprint density at radius 2 is 1.86 bits per heavy atom. The summed E-state index contributed by atoms with van der Waals surface area (Å²) in [4.78, 5) is 19.2. The van der Waals surface area contributed by atoms with Gasteiger partial charge in [-0.2, -0.15) is 0 Å². The van der Waals surface area contributed by atoms with Crippen LogP contribution in [0.25, 0.3) is 28.1 Å². The van der Waals surface area contributed by atoms with Gasteiger partial charge >= 0.3 is 5.76 Å². The van der Waals surface area contributed by atoms with Crippen LogP contribution in [0.3, 0.4) is 0 Å². The fourth-order valence-corrected chi connectivity index (χ4v) is 4.85. The van der Waals surface area contributed by atoms with E-state index in [9.17, 15) is 4.79 Å². The molecule has 1 aliphatic rings. The second-order valence-corrected chi connectivity index (χ2v) is 8.93. The van der Waals surface area contributed by atoms with Crippen LogP contribution in [0.4, 0.5) is 0 Å². The predicted octanol–water partition coefficient (Wildman–Crippen LogP) is 5.70. The smallest absolute Gasteiger partial charge is 0.439 e. The van der Waals surface area contributed by atoms with Crippen LogP contribution in [-0.4, -0.2) is 19.7 Å². The summed E-state index contributed by atoms with van der Waals surface area (Å²) < 4.78 is 13.2. The molecule has 0 saturated carbocycles. The maximum absolute atomic E-state index is 11.7. The van der Waals surface area contributed by atoms with Crippen molar-refractivity contribution in [3.63, 3.8) is 0 Å². The molecule has 178 valence electrons. The van der Waals surface area contributed by atoms with Crippen molar-refractivity contribution in [1.29, 1.82) is 0 Å². The summed E-state index contributed by atoms with van der Waals surface area (Å²) in [6.07, 6.45) is 2.06. The molecule has 0 radical (unpaired) electrons. The predicted molar refractivity (Wildman–Crippen MR) is 138 cm³/mol. The van der Waals surface area contributed by atoms with Gasteiger partial charge in [-0.25, -0.2) is 9.78 Å². The molecule has 7 heteroatoms. The van der Waals surface area contributed by atoms with Gasteiger partial charge in [0, 0.05) is 28.6 Å². The molecule has 0 bridgehead atoms. The first-order valence-electron chi connectivity index (χ1n) is 11.7. The Kier molecular flexibility index (Phi) is 5.18. The summed E-state index contributed by atoms with van der Waals surface area (Å²) >= 11 is 0. The van der Waals surface area contributed by atoms with E-state index in [4.69, 9.17) is 14.2 Å². The molecule has 0 fully saturated rings. The van der Waals surface area contributed by atoms with Crippen molar-refractivity contribution in [2.24, 2.45) is 0 Å². The van der Waals surface area contributed by atoms with Crippen molar-refractivity contribution in [2.45, 2.75) is 27.4 Å². The second kappa shape index (κ2) is 8.53. The van der Waals surface area contributed by atoms with Gasteiger partial charge in [-0.15, -0.1) is 0 Å². The molecule has 3 heterocycles. The number of nitrogens with zero attached hydrogens (tertiary/aromatic N) is 3. The van der Waals surface area contributed by atoms with Gasteiger partial charge in [0.05, 0.1) is 5.69 Å².